The third kappa shape index (κ3) is 1.39. The van der Waals surface area contributed by atoms with Gasteiger partial charge in [0.25, 0.3) is 0 Å². The van der Waals surface area contributed by atoms with Crippen LogP contribution in [0.5, 0.6) is 0 Å². The zero-order chi connectivity index (χ0) is 10.5. The summed E-state index contributed by atoms with van der Waals surface area (Å²) in [5, 5.41) is 10.7. The molecule has 15 heavy (non-hydrogen) atoms. The standard InChI is InChI=1S/C11H14BrNO2/c12-9-3-6-15-10(9)11(14)7-13-4-1-8(11)2-5-13/h3,6,8,14H,1-2,4-5,7H2. The molecule has 1 N–H and O–H groups in total. The Balaban J connectivity index is 2.00. The monoisotopic (exact) mass is 271 g/mol. The molecule has 1 aromatic rings. The van der Waals surface area contributed by atoms with E-state index in [2.05, 4.69) is 20.8 Å². The fraction of sp³-hybridized carbons (Fsp3) is 0.636. The molecule has 3 saturated heterocycles. The largest absolute Gasteiger partial charge is 0.465 e. The van der Waals surface area contributed by atoms with Crippen molar-refractivity contribution in [2.24, 2.45) is 5.92 Å². The second kappa shape index (κ2) is 3.34. The first-order valence-electron chi connectivity index (χ1n) is 5.38. The summed E-state index contributed by atoms with van der Waals surface area (Å²) in [6.07, 6.45) is 3.78. The number of aliphatic hydroxyl groups is 1. The average molecular weight is 272 g/mol. The van der Waals surface area contributed by atoms with Crippen molar-refractivity contribution in [3.63, 3.8) is 0 Å². The Bertz CT molecular complexity index is 370. The third-order valence-corrected chi connectivity index (χ3v) is 4.36. The molecule has 3 nitrogen and oxygen atoms in total. The summed E-state index contributed by atoms with van der Waals surface area (Å²) in [5.41, 5.74) is -0.779. The van der Waals surface area contributed by atoms with Gasteiger partial charge in [0.05, 0.1) is 10.7 Å². The molecule has 0 aliphatic carbocycles. The molecule has 3 fully saturated rings. The lowest BCUT2D eigenvalue weighted by Crippen LogP contribution is -2.57. The summed E-state index contributed by atoms with van der Waals surface area (Å²) in [5.74, 6) is 1.06. The van der Waals surface area contributed by atoms with E-state index < -0.39 is 5.60 Å². The maximum Gasteiger partial charge on any atom is 0.151 e. The Hall–Kier alpha value is -0.320. The molecule has 4 heteroatoms. The van der Waals surface area contributed by atoms with Gasteiger partial charge in [0.2, 0.25) is 0 Å². The lowest BCUT2D eigenvalue weighted by atomic mass is 9.74. The van der Waals surface area contributed by atoms with Crippen molar-refractivity contribution in [1.29, 1.82) is 0 Å². The van der Waals surface area contributed by atoms with Gasteiger partial charge in [-0.25, -0.2) is 0 Å². The van der Waals surface area contributed by atoms with E-state index in [-0.39, 0.29) is 0 Å². The first kappa shape index (κ1) is 9.87. The molecule has 0 aromatic carbocycles. The quantitative estimate of drug-likeness (QED) is 0.849. The molecule has 1 aromatic heterocycles. The van der Waals surface area contributed by atoms with E-state index in [9.17, 15) is 5.11 Å². The Morgan fingerprint density at radius 2 is 2.20 bits per heavy atom. The van der Waals surface area contributed by atoms with Crippen molar-refractivity contribution in [2.75, 3.05) is 19.6 Å². The molecule has 0 radical (unpaired) electrons. The highest BCUT2D eigenvalue weighted by atomic mass is 79.9. The first-order chi connectivity index (χ1) is 7.20. The zero-order valence-electron chi connectivity index (χ0n) is 8.45. The molecule has 1 unspecified atom stereocenters. The minimum absolute atomic E-state index is 0.352. The Labute approximate surface area is 97.2 Å². The average Bonchev–Trinajstić information content (AvgIpc) is 2.66. The van der Waals surface area contributed by atoms with Crippen molar-refractivity contribution in [1.82, 2.24) is 4.90 Å². The fourth-order valence-corrected chi connectivity index (χ4v) is 3.44. The number of piperidine rings is 3. The number of furan rings is 1. The number of nitrogens with zero attached hydrogens (tertiary/aromatic N) is 1. The molecule has 0 spiro atoms. The Kier molecular flexibility index (Phi) is 2.20. The predicted octanol–water partition coefficient (Wildman–Crippen LogP) is 1.96. The molecule has 1 atom stereocenters. The van der Waals surface area contributed by atoms with Gasteiger partial charge in [-0.15, -0.1) is 0 Å². The lowest BCUT2D eigenvalue weighted by Gasteiger charge is -2.49. The van der Waals surface area contributed by atoms with Crippen LogP contribution >= 0.6 is 15.9 Å². The number of hydrogen-bond acceptors (Lipinski definition) is 3. The molecule has 4 rings (SSSR count). The van der Waals surface area contributed by atoms with Crippen molar-refractivity contribution < 1.29 is 9.52 Å². The number of fused-ring (bicyclic) bond motifs is 3. The van der Waals surface area contributed by atoms with Crippen molar-refractivity contribution >= 4 is 15.9 Å². The van der Waals surface area contributed by atoms with E-state index in [0.717, 1.165) is 30.4 Å². The van der Waals surface area contributed by atoms with E-state index in [1.54, 1.807) is 6.26 Å². The zero-order valence-corrected chi connectivity index (χ0v) is 10.0. The summed E-state index contributed by atoms with van der Waals surface area (Å²) >= 11 is 3.44. The van der Waals surface area contributed by atoms with Crippen LogP contribution in [0.2, 0.25) is 0 Å². The van der Waals surface area contributed by atoms with Crippen LogP contribution in [0, 0.1) is 5.92 Å². The second-order valence-corrected chi connectivity index (χ2v) is 5.43. The van der Waals surface area contributed by atoms with Crippen LogP contribution in [-0.4, -0.2) is 29.6 Å². The summed E-state index contributed by atoms with van der Waals surface area (Å²) in [6, 6.07) is 1.85. The minimum Gasteiger partial charge on any atom is -0.465 e. The molecule has 3 aliphatic rings. The number of halogens is 1. The lowest BCUT2D eigenvalue weighted by molar-refractivity contribution is -0.129. The second-order valence-electron chi connectivity index (χ2n) is 4.57. The van der Waals surface area contributed by atoms with Crippen molar-refractivity contribution in [2.45, 2.75) is 18.4 Å². The molecule has 4 heterocycles. The van der Waals surface area contributed by atoms with Gasteiger partial charge in [0.1, 0.15) is 5.60 Å². The highest BCUT2D eigenvalue weighted by Crippen LogP contribution is 2.44. The maximum absolute atomic E-state index is 10.7. The van der Waals surface area contributed by atoms with E-state index >= 15 is 0 Å². The van der Waals surface area contributed by atoms with Crippen LogP contribution < -0.4 is 0 Å². The van der Waals surface area contributed by atoms with Crippen LogP contribution in [0.3, 0.4) is 0 Å². The van der Waals surface area contributed by atoms with Gasteiger partial charge in [0.15, 0.2) is 5.76 Å². The molecule has 82 valence electrons. The van der Waals surface area contributed by atoms with Crippen LogP contribution in [0.25, 0.3) is 0 Å². The van der Waals surface area contributed by atoms with E-state index in [1.807, 2.05) is 6.07 Å². The van der Waals surface area contributed by atoms with Crippen LogP contribution in [0.15, 0.2) is 21.2 Å². The maximum atomic E-state index is 10.7. The highest BCUT2D eigenvalue weighted by molar-refractivity contribution is 9.10. The minimum atomic E-state index is -0.779. The molecule has 0 amide bonds. The van der Waals surface area contributed by atoms with Gasteiger partial charge in [-0.1, -0.05) is 0 Å². The third-order valence-electron chi connectivity index (χ3n) is 3.74. The molecule has 0 saturated carbocycles. The van der Waals surface area contributed by atoms with Crippen molar-refractivity contribution in [3.05, 3.63) is 22.6 Å². The predicted molar refractivity (Wildman–Crippen MR) is 59.5 cm³/mol. The topological polar surface area (TPSA) is 36.6 Å². The first-order valence-corrected chi connectivity index (χ1v) is 6.17. The molecular weight excluding hydrogens is 258 g/mol. The normalized spacial score (nSPS) is 39.6. The van der Waals surface area contributed by atoms with Gasteiger partial charge in [-0.2, -0.15) is 0 Å². The van der Waals surface area contributed by atoms with Gasteiger partial charge in [-0.3, -0.25) is 4.90 Å². The highest BCUT2D eigenvalue weighted by Gasteiger charge is 2.49. The summed E-state index contributed by atoms with van der Waals surface area (Å²) in [6.45, 7) is 2.94. The summed E-state index contributed by atoms with van der Waals surface area (Å²) < 4.78 is 6.32. The van der Waals surface area contributed by atoms with Crippen LogP contribution in [0.1, 0.15) is 18.6 Å². The number of hydrogen-bond donors (Lipinski definition) is 1. The molecule has 3 aliphatic heterocycles. The van der Waals surface area contributed by atoms with Gasteiger partial charge < -0.3 is 9.52 Å². The van der Waals surface area contributed by atoms with E-state index in [1.165, 1.54) is 0 Å². The molecule has 2 bridgehead atoms. The summed E-state index contributed by atoms with van der Waals surface area (Å²) in [7, 11) is 0. The van der Waals surface area contributed by atoms with Crippen LogP contribution in [-0.2, 0) is 5.60 Å². The number of rotatable bonds is 1. The van der Waals surface area contributed by atoms with E-state index in [0.29, 0.717) is 18.2 Å². The van der Waals surface area contributed by atoms with Crippen LogP contribution in [0.4, 0.5) is 0 Å². The molecular formula is C11H14BrNO2. The fourth-order valence-electron chi connectivity index (χ4n) is 2.90. The van der Waals surface area contributed by atoms with Crippen molar-refractivity contribution in [3.8, 4) is 0 Å². The van der Waals surface area contributed by atoms with E-state index in [4.69, 9.17) is 4.42 Å². The summed E-state index contributed by atoms with van der Waals surface area (Å²) in [4.78, 5) is 2.31. The van der Waals surface area contributed by atoms with Gasteiger partial charge in [0, 0.05) is 6.54 Å². The van der Waals surface area contributed by atoms with Gasteiger partial charge >= 0.3 is 0 Å². The SMILES string of the molecule is OC1(c2occc2Br)CN2CCC1CC2. The Morgan fingerprint density at radius 3 is 2.67 bits per heavy atom. The smallest absolute Gasteiger partial charge is 0.151 e. The van der Waals surface area contributed by atoms with Gasteiger partial charge in [-0.05, 0) is 53.8 Å². The Morgan fingerprint density at radius 1 is 1.47 bits per heavy atom.